The van der Waals surface area contributed by atoms with Crippen molar-refractivity contribution in [2.75, 3.05) is 11.2 Å². The number of aromatic nitrogens is 1. The van der Waals surface area contributed by atoms with Crippen LogP contribution in [0.1, 0.15) is 0 Å². The summed E-state index contributed by atoms with van der Waals surface area (Å²) in [4.78, 5) is 0. The van der Waals surface area contributed by atoms with Crippen molar-refractivity contribution in [3.8, 4) is 0 Å². The van der Waals surface area contributed by atoms with Crippen molar-refractivity contribution in [2.24, 2.45) is 0 Å². The molecule has 0 radical (unpaired) electrons. The lowest BCUT2D eigenvalue weighted by molar-refractivity contribution is 1.01. The summed E-state index contributed by atoms with van der Waals surface area (Å²) in [6.07, 6.45) is 2.00. The molecule has 0 fully saturated rings. The molecule has 0 saturated carbocycles. The van der Waals surface area contributed by atoms with Crippen LogP contribution in [-0.4, -0.2) is 4.68 Å². The summed E-state index contributed by atoms with van der Waals surface area (Å²) in [6, 6.07) is 18.0. The number of fused-ring (bicyclic) bond motifs is 1. The van der Waals surface area contributed by atoms with Crippen LogP contribution < -0.4 is 11.2 Å². The molecule has 0 atom stereocenters. The second-order valence-electron chi connectivity index (χ2n) is 3.94. The molecule has 0 amide bonds. The molecule has 0 unspecified atom stereocenters. The van der Waals surface area contributed by atoms with Crippen LogP contribution in [0.15, 0.2) is 60.8 Å². The fourth-order valence-corrected chi connectivity index (χ4v) is 1.91. The molecular weight excluding hydrogens is 210 g/mol. The minimum atomic E-state index is 0.741. The van der Waals surface area contributed by atoms with Gasteiger partial charge in [0.05, 0.1) is 16.9 Å². The van der Waals surface area contributed by atoms with Crippen LogP contribution in [-0.2, 0) is 0 Å². The first-order valence-corrected chi connectivity index (χ1v) is 5.52. The summed E-state index contributed by atoms with van der Waals surface area (Å²) < 4.78 is 1.97. The van der Waals surface area contributed by atoms with E-state index in [1.165, 1.54) is 5.39 Å². The molecule has 84 valence electrons. The average molecular weight is 223 g/mol. The third kappa shape index (κ3) is 1.72. The molecule has 1 aromatic heterocycles. The van der Waals surface area contributed by atoms with Crippen LogP contribution in [0.2, 0.25) is 0 Å². The number of nitrogen functional groups attached to an aromatic ring is 1. The number of anilines is 2. The Kier molecular flexibility index (Phi) is 2.22. The summed E-state index contributed by atoms with van der Waals surface area (Å²) in [5.41, 5.74) is 12.0. The Hall–Kier alpha value is -2.42. The highest BCUT2D eigenvalue weighted by atomic mass is 15.4. The first-order valence-electron chi connectivity index (χ1n) is 5.52. The highest BCUT2D eigenvalue weighted by molar-refractivity contribution is 5.81. The van der Waals surface area contributed by atoms with Crippen LogP contribution in [0, 0.1) is 0 Å². The van der Waals surface area contributed by atoms with Crippen molar-refractivity contribution in [1.29, 1.82) is 0 Å². The van der Waals surface area contributed by atoms with Crippen LogP contribution >= 0.6 is 0 Å². The molecule has 0 aliphatic heterocycles. The van der Waals surface area contributed by atoms with Crippen LogP contribution in [0.5, 0.6) is 0 Å². The Morgan fingerprint density at radius 1 is 0.882 bits per heavy atom. The Balaban J connectivity index is 2.03. The number of benzene rings is 2. The van der Waals surface area contributed by atoms with E-state index >= 15 is 0 Å². The Bertz CT molecular complexity index is 655. The van der Waals surface area contributed by atoms with Crippen molar-refractivity contribution in [3.63, 3.8) is 0 Å². The Morgan fingerprint density at radius 3 is 2.53 bits per heavy atom. The van der Waals surface area contributed by atoms with Gasteiger partial charge in [-0.05, 0) is 24.3 Å². The summed E-state index contributed by atoms with van der Waals surface area (Å²) in [5.74, 6) is 0. The number of nitrogens with one attached hydrogen (secondary N) is 1. The van der Waals surface area contributed by atoms with E-state index in [2.05, 4.69) is 23.6 Å². The topological polar surface area (TPSA) is 43.0 Å². The fourth-order valence-electron chi connectivity index (χ4n) is 1.91. The first kappa shape index (κ1) is 9.78. The van der Waals surface area contributed by atoms with E-state index in [0.29, 0.717) is 0 Å². The van der Waals surface area contributed by atoms with Gasteiger partial charge in [0.15, 0.2) is 0 Å². The molecule has 0 saturated heterocycles. The van der Waals surface area contributed by atoms with E-state index in [1.807, 2.05) is 47.3 Å². The van der Waals surface area contributed by atoms with Gasteiger partial charge in [-0.15, -0.1) is 0 Å². The van der Waals surface area contributed by atoms with Gasteiger partial charge in [0.1, 0.15) is 0 Å². The van der Waals surface area contributed by atoms with Gasteiger partial charge >= 0.3 is 0 Å². The Labute approximate surface area is 99.4 Å². The normalized spacial score (nSPS) is 10.6. The molecule has 17 heavy (non-hydrogen) atoms. The molecular formula is C14H13N3. The van der Waals surface area contributed by atoms with E-state index in [1.54, 1.807) is 0 Å². The zero-order valence-electron chi connectivity index (χ0n) is 9.30. The fraction of sp³-hybridized carbons (Fsp3) is 0. The van der Waals surface area contributed by atoms with E-state index < -0.39 is 0 Å². The standard InChI is InChI=1S/C14H13N3/c15-12-6-2-3-7-13(12)16-17-10-9-11-5-1-4-8-14(11)17/h1-10,16H,15H2. The van der Waals surface area contributed by atoms with Crippen molar-refractivity contribution < 1.29 is 0 Å². The van der Waals surface area contributed by atoms with Gasteiger partial charge in [0.25, 0.3) is 0 Å². The molecule has 3 N–H and O–H groups in total. The second-order valence-corrected chi connectivity index (χ2v) is 3.94. The molecule has 0 aliphatic rings. The van der Waals surface area contributed by atoms with Crippen LogP contribution in [0.4, 0.5) is 11.4 Å². The van der Waals surface area contributed by atoms with Gasteiger partial charge in [0.2, 0.25) is 0 Å². The Morgan fingerprint density at radius 2 is 1.65 bits per heavy atom. The van der Waals surface area contributed by atoms with Gasteiger partial charge in [-0.1, -0.05) is 30.3 Å². The van der Waals surface area contributed by atoms with Crippen LogP contribution in [0.3, 0.4) is 0 Å². The van der Waals surface area contributed by atoms with Crippen LogP contribution in [0.25, 0.3) is 10.9 Å². The molecule has 1 heterocycles. The highest BCUT2D eigenvalue weighted by Crippen LogP contribution is 2.20. The number of hydrogen-bond donors (Lipinski definition) is 2. The molecule has 0 aliphatic carbocycles. The molecule has 0 spiro atoms. The van der Waals surface area contributed by atoms with Crippen molar-refractivity contribution in [2.45, 2.75) is 0 Å². The minimum Gasteiger partial charge on any atom is -0.397 e. The van der Waals surface area contributed by atoms with Gasteiger partial charge in [-0.3, -0.25) is 10.1 Å². The number of rotatable bonds is 2. The monoisotopic (exact) mass is 223 g/mol. The molecule has 3 rings (SSSR count). The number of hydrogen-bond acceptors (Lipinski definition) is 2. The first-order chi connectivity index (χ1) is 8.34. The maximum absolute atomic E-state index is 5.91. The van der Waals surface area contributed by atoms with E-state index in [0.717, 1.165) is 16.9 Å². The van der Waals surface area contributed by atoms with Crippen molar-refractivity contribution >= 4 is 22.3 Å². The van der Waals surface area contributed by atoms with E-state index in [-0.39, 0.29) is 0 Å². The lowest BCUT2D eigenvalue weighted by Gasteiger charge is -2.11. The number of nitrogens with zero attached hydrogens (tertiary/aromatic N) is 1. The van der Waals surface area contributed by atoms with Crippen molar-refractivity contribution in [3.05, 3.63) is 60.8 Å². The average Bonchev–Trinajstić information content (AvgIpc) is 2.76. The molecule has 2 aromatic carbocycles. The van der Waals surface area contributed by atoms with Gasteiger partial charge < -0.3 is 5.73 Å². The van der Waals surface area contributed by atoms with Crippen molar-refractivity contribution in [1.82, 2.24) is 4.68 Å². The number of nitrogens with two attached hydrogens (primary N) is 1. The molecule has 3 heteroatoms. The zero-order valence-corrected chi connectivity index (χ0v) is 9.30. The van der Waals surface area contributed by atoms with E-state index in [4.69, 9.17) is 5.73 Å². The van der Waals surface area contributed by atoms with Gasteiger partial charge in [-0.2, -0.15) is 0 Å². The quantitative estimate of drug-likeness (QED) is 0.655. The predicted molar refractivity (Wildman–Crippen MR) is 71.8 cm³/mol. The molecule has 3 nitrogen and oxygen atoms in total. The maximum atomic E-state index is 5.91. The summed E-state index contributed by atoms with van der Waals surface area (Å²) in [5, 5.41) is 1.20. The SMILES string of the molecule is Nc1ccccc1Nn1ccc2ccccc21. The molecule has 0 bridgehead atoms. The lowest BCUT2D eigenvalue weighted by atomic mass is 10.2. The minimum absolute atomic E-state index is 0.741. The third-order valence-corrected chi connectivity index (χ3v) is 2.80. The second kappa shape index (κ2) is 3.87. The number of para-hydroxylation sites is 3. The lowest BCUT2D eigenvalue weighted by Crippen LogP contribution is -2.08. The highest BCUT2D eigenvalue weighted by Gasteiger charge is 2.01. The van der Waals surface area contributed by atoms with Gasteiger partial charge in [0, 0.05) is 11.6 Å². The maximum Gasteiger partial charge on any atom is 0.0775 e. The zero-order chi connectivity index (χ0) is 11.7. The molecule has 3 aromatic rings. The predicted octanol–water partition coefficient (Wildman–Crippen LogP) is 3.10. The smallest absolute Gasteiger partial charge is 0.0775 e. The third-order valence-electron chi connectivity index (χ3n) is 2.80. The van der Waals surface area contributed by atoms with E-state index in [9.17, 15) is 0 Å². The summed E-state index contributed by atoms with van der Waals surface area (Å²) in [7, 11) is 0. The van der Waals surface area contributed by atoms with Gasteiger partial charge in [-0.25, -0.2) is 0 Å². The largest absolute Gasteiger partial charge is 0.397 e. The summed E-state index contributed by atoms with van der Waals surface area (Å²) >= 11 is 0. The summed E-state index contributed by atoms with van der Waals surface area (Å²) in [6.45, 7) is 0.